The summed E-state index contributed by atoms with van der Waals surface area (Å²) >= 11 is 1.24. The van der Waals surface area contributed by atoms with Crippen molar-refractivity contribution in [1.29, 1.82) is 0 Å². The molecule has 1 aliphatic heterocycles. The lowest BCUT2D eigenvalue weighted by atomic mass is 10.2. The van der Waals surface area contributed by atoms with Crippen molar-refractivity contribution in [1.82, 2.24) is 0 Å². The Kier molecular flexibility index (Phi) is 3.98. The van der Waals surface area contributed by atoms with Crippen molar-refractivity contribution in [3.63, 3.8) is 0 Å². The van der Waals surface area contributed by atoms with Gasteiger partial charge in [0.25, 0.3) is 5.91 Å². The number of methoxy groups -OCH3 is 1. The van der Waals surface area contributed by atoms with Crippen molar-refractivity contribution >= 4 is 28.9 Å². The van der Waals surface area contributed by atoms with Crippen molar-refractivity contribution in [2.45, 2.75) is 32.0 Å². The summed E-state index contributed by atoms with van der Waals surface area (Å²) in [6, 6.07) is 1.69. The van der Waals surface area contributed by atoms with E-state index in [0.29, 0.717) is 17.0 Å². The van der Waals surface area contributed by atoms with E-state index in [0.717, 1.165) is 6.42 Å². The van der Waals surface area contributed by atoms with Crippen LogP contribution in [0.25, 0.3) is 0 Å². The highest BCUT2D eigenvalue weighted by Gasteiger charge is 2.29. The maximum absolute atomic E-state index is 11.9. The van der Waals surface area contributed by atoms with E-state index in [9.17, 15) is 9.59 Å². The number of anilines is 1. The fraction of sp³-hybridized carbons (Fsp3) is 0.500. The third-order valence-corrected chi connectivity index (χ3v) is 3.71. The predicted octanol–water partition coefficient (Wildman–Crippen LogP) is 2.04. The Morgan fingerprint density at radius 2 is 2.28 bits per heavy atom. The maximum atomic E-state index is 11.9. The molecular formula is C12H15NO4S. The van der Waals surface area contributed by atoms with Crippen molar-refractivity contribution in [2.75, 3.05) is 12.4 Å². The molecule has 5 nitrogen and oxygen atoms in total. The summed E-state index contributed by atoms with van der Waals surface area (Å²) in [5.41, 5.74) is 0.486. The van der Waals surface area contributed by atoms with E-state index in [2.05, 4.69) is 10.1 Å². The average molecular weight is 269 g/mol. The van der Waals surface area contributed by atoms with Crippen molar-refractivity contribution in [3.8, 4) is 0 Å². The lowest BCUT2D eigenvalue weighted by Gasteiger charge is -2.11. The Balaban J connectivity index is 2.03. The number of nitrogens with one attached hydrogen (secondary N) is 1. The average Bonchev–Trinajstić information content (AvgIpc) is 2.97. The molecule has 2 heterocycles. The zero-order valence-corrected chi connectivity index (χ0v) is 11.1. The molecule has 2 atom stereocenters. The first-order valence-corrected chi connectivity index (χ1v) is 6.62. The molecule has 0 saturated carbocycles. The quantitative estimate of drug-likeness (QED) is 0.853. The molecular weight excluding hydrogens is 254 g/mol. The smallest absolute Gasteiger partial charge is 0.350 e. The van der Waals surface area contributed by atoms with Crippen LogP contribution in [0, 0.1) is 0 Å². The van der Waals surface area contributed by atoms with Crippen LogP contribution in [0.3, 0.4) is 0 Å². The van der Waals surface area contributed by atoms with Gasteiger partial charge in [0.1, 0.15) is 11.0 Å². The molecule has 0 radical (unpaired) electrons. The van der Waals surface area contributed by atoms with Gasteiger partial charge in [0.15, 0.2) is 0 Å². The maximum Gasteiger partial charge on any atom is 0.350 e. The Morgan fingerprint density at radius 1 is 1.50 bits per heavy atom. The molecule has 0 bridgehead atoms. The van der Waals surface area contributed by atoms with Gasteiger partial charge < -0.3 is 14.8 Å². The van der Waals surface area contributed by atoms with Crippen LogP contribution in [-0.2, 0) is 14.3 Å². The second-order valence-electron chi connectivity index (χ2n) is 4.16. The number of ether oxygens (including phenoxy) is 2. The van der Waals surface area contributed by atoms with Crippen LogP contribution in [0.2, 0.25) is 0 Å². The molecule has 1 aromatic heterocycles. The Morgan fingerprint density at radius 3 is 2.89 bits per heavy atom. The molecule has 1 fully saturated rings. The first kappa shape index (κ1) is 13.0. The second-order valence-corrected chi connectivity index (χ2v) is 5.07. The van der Waals surface area contributed by atoms with E-state index < -0.39 is 12.1 Å². The topological polar surface area (TPSA) is 64.6 Å². The molecule has 98 valence electrons. The fourth-order valence-electron chi connectivity index (χ4n) is 1.87. The number of carbonyl (C=O) groups excluding carboxylic acids is 2. The first-order chi connectivity index (χ1) is 8.61. The Bertz CT molecular complexity index is 457. The van der Waals surface area contributed by atoms with E-state index in [1.165, 1.54) is 18.4 Å². The highest BCUT2D eigenvalue weighted by atomic mass is 32.1. The summed E-state index contributed by atoms with van der Waals surface area (Å²) in [4.78, 5) is 23.8. The van der Waals surface area contributed by atoms with E-state index in [1.54, 1.807) is 11.4 Å². The van der Waals surface area contributed by atoms with Gasteiger partial charge in [0.2, 0.25) is 0 Å². The van der Waals surface area contributed by atoms with Crippen LogP contribution in [0.4, 0.5) is 5.69 Å². The van der Waals surface area contributed by atoms with Gasteiger partial charge >= 0.3 is 5.97 Å². The molecule has 18 heavy (non-hydrogen) atoms. The van der Waals surface area contributed by atoms with Crippen LogP contribution in [0.5, 0.6) is 0 Å². The summed E-state index contributed by atoms with van der Waals surface area (Å²) < 4.78 is 10.1. The van der Waals surface area contributed by atoms with Crippen LogP contribution in [0.1, 0.15) is 29.4 Å². The predicted molar refractivity (Wildman–Crippen MR) is 67.9 cm³/mol. The minimum Gasteiger partial charge on any atom is -0.465 e. The molecule has 6 heteroatoms. The van der Waals surface area contributed by atoms with Gasteiger partial charge in [-0.15, -0.1) is 11.3 Å². The number of thiophene rings is 1. The number of hydrogen-bond acceptors (Lipinski definition) is 5. The summed E-state index contributed by atoms with van der Waals surface area (Å²) in [5, 5.41) is 4.45. The van der Waals surface area contributed by atoms with E-state index in [4.69, 9.17) is 4.74 Å². The zero-order chi connectivity index (χ0) is 13.1. The van der Waals surface area contributed by atoms with Gasteiger partial charge in [-0.1, -0.05) is 0 Å². The van der Waals surface area contributed by atoms with Crippen LogP contribution in [-0.4, -0.2) is 31.2 Å². The van der Waals surface area contributed by atoms with Crippen molar-refractivity contribution in [2.24, 2.45) is 0 Å². The number of carbonyl (C=O) groups is 2. The Labute approximate surface area is 109 Å². The normalized spacial score (nSPS) is 22.8. The summed E-state index contributed by atoms with van der Waals surface area (Å²) in [6.07, 6.45) is 1.28. The van der Waals surface area contributed by atoms with Crippen LogP contribution >= 0.6 is 11.3 Å². The van der Waals surface area contributed by atoms with E-state index in [1.807, 2.05) is 6.92 Å². The molecule has 1 N–H and O–H groups in total. The van der Waals surface area contributed by atoms with Gasteiger partial charge in [0, 0.05) is 0 Å². The third-order valence-electron chi connectivity index (χ3n) is 2.82. The lowest BCUT2D eigenvalue weighted by molar-refractivity contribution is -0.126. The molecule has 2 rings (SSSR count). The lowest BCUT2D eigenvalue weighted by Crippen LogP contribution is -2.28. The van der Waals surface area contributed by atoms with Crippen LogP contribution in [0.15, 0.2) is 11.4 Å². The van der Waals surface area contributed by atoms with Gasteiger partial charge in [-0.25, -0.2) is 4.79 Å². The minimum atomic E-state index is -0.444. The van der Waals surface area contributed by atoms with Gasteiger partial charge in [-0.2, -0.15) is 0 Å². The standard InChI is InChI=1S/C12H15NO4S/c1-7-3-4-9(17-7)11(14)13-8-5-6-18-10(8)12(15)16-2/h5-7,9H,3-4H2,1-2H3,(H,13,14). The minimum absolute atomic E-state index is 0.114. The SMILES string of the molecule is COC(=O)c1sccc1NC(=O)C1CCC(C)O1. The van der Waals surface area contributed by atoms with E-state index in [-0.39, 0.29) is 12.0 Å². The largest absolute Gasteiger partial charge is 0.465 e. The number of amides is 1. The monoisotopic (exact) mass is 269 g/mol. The molecule has 1 amide bonds. The highest BCUT2D eigenvalue weighted by Crippen LogP contribution is 2.25. The highest BCUT2D eigenvalue weighted by molar-refractivity contribution is 7.12. The molecule has 0 spiro atoms. The Hall–Kier alpha value is -1.40. The molecule has 0 aliphatic carbocycles. The molecule has 1 aromatic rings. The third kappa shape index (κ3) is 2.70. The number of hydrogen-bond donors (Lipinski definition) is 1. The zero-order valence-electron chi connectivity index (χ0n) is 10.3. The summed E-state index contributed by atoms with van der Waals surface area (Å²) in [5.74, 6) is -0.649. The second kappa shape index (κ2) is 5.49. The van der Waals surface area contributed by atoms with Gasteiger partial charge in [0.05, 0.1) is 18.9 Å². The van der Waals surface area contributed by atoms with E-state index >= 15 is 0 Å². The number of esters is 1. The van der Waals surface area contributed by atoms with Crippen LogP contribution < -0.4 is 5.32 Å². The summed E-state index contributed by atoms with van der Waals surface area (Å²) in [7, 11) is 1.31. The van der Waals surface area contributed by atoms with Gasteiger partial charge in [-0.05, 0) is 31.2 Å². The van der Waals surface area contributed by atoms with Crippen molar-refractivity contribution in [3.05, 3.63) is 16.3 Å². The molecule has 1 saturated heterocycles. The molecule has 2 unspecified atom stereocenters. The molecule has 0 aromatic carbocycles. The summed E-state index contributed by atoms with van der Waals surface area (Å²) in [6.45, 7) is 1.94. The molecule has 1 aliphatic rings. The van der Waals surface area contributed by atoms with Gasteiger partial charge in [-0.3, -0.25) is 4.79 Å². The number of rotatable bonds is 3. The van der Waals surface area contributed by atoms with Crippen molar-refractivity contribution < 1.29 is 19.1 Å². The first-order valence-electron chi connectivity index (χ1n) is 5.74. The fourth-order valence-corrected chi connectivity index (χ4v) is 2.63.